The van der Waals surface area contributed by atoms with E-state index in [1.54, 1.807) is 12.1 Å². The van der Waals surface area contributed by atoms with Crippen molar-refractivity contribution >= 4 is 17.2 Å². The van der Waals surface area contributed by atoms with Crippen LogP contribution in [0, 0.1) is 5.82 Å². The molecule has 1 atom stereocenters. The third-order valence-corrected chi connectivity index (χ3v) is 4.95. The first-order chi connectivity index (χ1) is 11.6. The fourth-order valence-corrected chi connectivity index (χ4v) is 3.67. The van der Waals surface area contributed by atoms with E-state index < -0.39 is 0 Å². The second-order valence-electron chi connectivity index (χ2n) is 5.96. The zero-order valence-corrected chi connectivity index (χ0v) is 14.4. The molecule has 1 aromatic carbocycles. The molecule has 2 aromatic rings. The lowest BCUT2D eigenvalue weighted by atomic mass is 10.1. The first-order valence-electron chi connectivity index (χ1n) is 8.08. The number of rotatable bonds is 5. The van der Waals surface area contributed by atoms with E-state index in [9.17, 15) is 9.18 Å². The van der Waals surface area contributed by atoms with Crippen molar-refractivity contribution in [3.8, 4) is 11.1 Å². The van der Waals surface area contributed by atoms with Crippen molar-refractivity contribution in [3.63, 3.8) is 0 Å². The molecule has 0 spiro atoms. The quantitative estimate of drug-likeness (QED) is 0.903. The Morgan fingerprint density at radius 2 is 2.00 bits per heavy atom. The molecule has 128 valence electrons. The zero-order chi connectivity index (χ0) is 16.9. The van der Waals surface area contributed by atoms with Crippen molar-refractivity contribution in [1.29, 1.82) is 0 Å². The van der Waals surface area contributed by atoms with Crippen molar-refractivity contribution in [1.82, 2.24) is 10.2 Å². The topological polar surface area (TPSA) is 41.6 Å². The second-order valence-corrected chi connectivity index (χ2v) is 6.87. The molecule has 1 N–H and O–H groups in total. The van der Waals surface area contributed by atoms with Crippen LogP contribution in [0.15, 0.2) is 35.7 Å². The third-order valence-electron chi connectivity index (χ3n) is 4.04. The average Bonchev–Trinajstić information content (AvgIpc) is 3.06. The number of nitrogens with one attached hydrogen (secondary N) is 1. The van der Waals surface area contributed by atoms with Crippen LogP contribution >= 0.6 is 11.3 Å². The van der Waals surface area contributed by atoms with Crippen molar-refractivity contribution in [2.45, 2.75) is 13.0 Å². The van der Waals surface area contributed by atoms with Crippen molar-refractivity contribution < 1.29 is 13.9 Å². The number of amides is 1. The minimum atomic E-state index is -0.279. The van der Waals surface area contributed by atoms with Gasteiger partial charge in [0.2, 0.25) is 0 Å². The van der Waals surface area contributed by atoms with Gasteiger partial charge in [0.25, 0.3) is 5.91 Å². The minimum absolute atomic E-state index is 0.0544. The molecule has 1 fully saturated rings. The molecule has 0 radical (unpaired) electrons. The van der Waals surface area contributed by atoms with E-state index in [0.717, 1.165) is 44.0 Å². The van der Waals surface area contributed by atoms with Crippen LogP contribution in [0.3, 0.4) is 0 Å². The number of hydrogen-bond acceptors (Lipinski definition) is 4. The van der Waals surface area contributed by atoms with Gasteiger partial charge in [-0.1, -0.05) is 12.1 Å². The maximum Gasteiger partial charge on any atom is 0.262 e. The Labute approximate surface area is 145 Å². The largest absolute Gasteiger partial charge is 0.379 e. The summed E-state index contributed by atoms with van der Waals surface area (Å²) in [5.74, 6) is -0.357. The minimum Gasteiger partial charge on any atom is -0.379 e. The van der Waals surface area contributed by atoms with Gasteiger partial charge < -0.3 is 10.1 Å². The van der Waals surface area contributed by atoms with Crippen LogP contribution in [-0.2, 0) is 4.74 Å². The number of morpholine rings is 1. The highest BCUT2D eigenvalue weighted by atomic mass is 32.1. The van der Waals surface area contributed by atoms with Gasteiger partial charge in [0.1, 0.15) is 5.82 Å². The van der Waals surface area contributed by atoms with E-state index in [1.165, 1.54) is 23.5 Å². The summed E-state index contributed by atoms with van der Waals surface area (Å²) in [5, 5.41) is 4.96. The first-order valence-corrected chi connectivity index (χ1v) is 8.96. The maximum atomic E-state index is 13.1. The predicted octanol–water partition coefficient (Wildman–Crippen LogP) is 3.00. The molecule has 24 heavy (non-hydrogen) atoms. The Bertz CT molecular complexity index is 681. The lowest BCUT2D eigenvalue weighted by molar-refractivity contribution is 0.0342. The SMILES string of the molecule is C[C@H](CN1CCOCC1)NC(=O)c1sccc1-c1ccc(F)cc1. The predicted molar refractivity (Wildman–Crippen MR) is 93.9 cm³/mol. The van der Waals surface area contributed by atoms with E-state index in [0.29, 0.717) is 4.88 Å². The van der Waals surface area contributed by atoms with Gasteiger partial charge in [0, 0.05) is 31.2 Å². The molecular formula is C18H21FN2O2S. The molecule has 0 unspecified atom stereocenters. The summed E-state index contributed by atoms with van der Waals surface area (Å²) in [5.41, 5.74) is 1.69. The van der Waals surface area contributed by atoms with Gasteiger partial charge in [-0.05, 0) is 36.1 Å². The van der Waals surface area contributed by atoms with Crippen LogP contribution in [0.2, 0.25) is 0 Å². The van der Waals surface area contributed by atoms with Gasteiger partial charge in [0.05, 0.1) is 18.1 Å². The molecule has 0 saturated carbocycles. The number of halogens is 1. The Kier molecular flexibility index (Phi) is 5.60. The Balaban J connectivity index is 1.65. The van der Waals surface area contributed by atoms with E-state index in [4.69, 9.17) is 4.74 Å². The zero-order valence-electron chi connectivity index (χ0n) is 13.6. The van der Waals surface area contributed by atoms with Gasteiger partial charge in [-0.25, -0.2) is 4.39 Å². The van der Waals surface area contributed by atoms with Gasteiger partial charge >= 0.3 is 0 Å². The van der Waals surface area contributed by atoms with Crippen LogP contribution in [0.4, 0.5) is 4.39 Å². The van der Waals surface area contributed by atoms with Crippen LogP contribution < -0.4 is 5.32 Å². The van der Waals surface area contributed by atoms with Crippen LogP contribution in [0.25, 0.3) is 11.1 Å². The van der Waals surface area contributed by atoms with Crippen LogP contribution in [0.1, 0.15) is 16.6 Å². The van der Waals surface area contributed by atoms with Gasteiger partial charge in [0.15, 0.2) is 0 Å². The Hall–Kier alpha value is -1.76. The number of nitrogens with zero attached hydrogens (tertiary/aromatic N) is 1. The third kappa shape index (κ3) is 4.20. The highest BCUT2D eigenvalue weighted by Crippen LogP contribution is 2.28. The lowest BCUT2D eigenvalue weighted by Gasteiger charge is -2.29. The van der Waals surface area contributed by atoms with Crippen molar-refractivity contribution in [2.24, 2.45) is 0 Å². The number of ether oxygens (including phenoxy) is 1. The molecule has 4 nitrogen and oxygen atoms in total. The first kappa shape index (κ1) is 17.1. The molecule has 0 bridgehead atoms. The van der Waals surface area contributed by atoms with E-state index >= 15 is 0 Å². The molecule has 0 aliphatic carbocycles. The number of carbonyl (C=O) groups excluding carboxylic acids is 1. The highest BCUT2D eigenvalue weighted by molar-refractivity contribution is 7.12. The summed E-state index contributed by atoms with van der Waals surface area (Å²) in [4.78, 5) is 15.6. The average molecular weight is 348 g/mol. The van der Waals surface area contributed by atoms with Crippen molar-refractivity contribution in [3.05, 3.63) is 46.4 Å². The number of thiophene rings is 1. The van der Waals surface area contributed by atoms with E-state index in [1.807, 2.05) is 18.4 Å². The monoisotopic (exact) mass is 348 g/mol. The summed E-state index contributed by atoms with van der Waals surface area (Å²) >= 11 is 1.41. The molecule has 1 aromatic heterocycles. The Morgan fingerprint density at radius 1 is 1.29 bits per heavy atom. The van der Waals surface area contributed by atoms with Crippen LogP contribution in [0.5, 0.6) is 0 Å². The maximum absolute atomic E-state index is 13.1. The summed E-state index contributed by atoms with van der Waals surface area (Å²) < 4.78 is 18.4. The van der Waals surface area contributed by atoms with Crippen molar-refractivity contribution in [2.75, 3.05) is 32.8 Å². The molecule has 1 aliphatic heterocycles. The normalized spacial score (nSPS) is 16.8. The molecule has 1 amide bonds. The molecule has 3 rings (SSSR count). The fourth-order valence-electron chi connectivity index (χ4n) is 2.85. The van der Waals surface area contributed by atoms with E-state index in [2.05, 4.69) is 10.2 Å². The van der Waals surface area contributed by atoms with Gasteiger partial charge in [-0.15, -0.1) is 11.3 Å². The number of hydrogen-bond donors (Lipinski definition) is 1. The molecule has 1 aliphatic rings. The molecule has 2 heterocycles. The summed E-state index contributed by atoms with van der Waals surface area (Å²) in [6.45, 7) is 6.13. The van der Waals surface area contributed by atoms with E-state index in [-0.39, 0.29) is 17.8 Å². The van der Waals surface area contributed by atoms with Gasteiger partial charge in [-0.2, -0.15) is 0 Å². The Morgan fingerprint density at radius 3 is 2.71 bits per heavy atom. The van der Waals surface area contributed by atoms with Crippen LogP contribution in [-0.4, -0.2) is 49.7 Å². The number of carbonyl (C=O) groups is 1. The van der Waals surface area contributed by atoms with Gasteiger partial charge in [-0.3, -0.25) is 9.69 Å². The lowest BCUT2D eigenvalue weighted by Crippen LogP contribution is -2.45. The summed E-state index contributed by atoms with van der Waals surface area (Å²) in [6, 6.07) is 8.18. The second kappa shape index (κ2) is 7.88. The standard InChI is InChI=1S/C18H21FN2O2S/c1-13(12-21-7-9-23-10-8-21)20-18(22)17-16(6-11-24-17)14-2-4-15(19)5-3-14/h2-6,11,13H,7-10,12H2,1H3,(H,20,22)/t13-/m1/s1. The highest BCUT2D eigenvalue weighted by Gasteiger charge is 2.19. The fraction of sp³-hybridized carbons (Fsp3) is 0.389. The summed E-state index contributed by atoms with van der Waals surface area (Å²) in [6.07, 6.45) is 0. The number of benzene rings is 1. The molecular weight excluding hydrogens is 327 g/mol. The molecule has 1 saturated heterocycles. The molecule has 6 heteroatoms. The summed E-state index contributed by atoms with van der Waals surface area (Å²) in [7, 11) is 0. The smallest absolute Gasteiger partial charge is 0.262 e.